The number of rotatable bonds is 6. The number of nitrogens with one attached hydrogen (secondary N) is 1. The van der Waals surface area contributed by atoms with Gasteiger partial charge in [-0.05, 0) is 52.9 Å². The van der Waals surface area contributed by atoms with Crippen LogP contribution in [0.4, 0.5) is 5.69 Å². The summed E-state index contributed by atoms with van der Waals surface area (Å²) >= 11 is 12.0. The lowest BCUT2D eigenvalue weighted by molar-refractivity contribution is -0.112. The third kappa shape index (κ3) is 5.53. The molecule has 1 amide bonds. The van der Waals surface area contributed by atoms with E-state index in [1.807, 2.05) is 54.6 Å². The van der Waals surface area contributed by atoms with Crippen molar-refractivity contribution in [3.8, 4) is 11.8 Å². The highest BCUT2D eigenvalue weighted by Crippen LogP contribution is 2.25. The Kier molecular flexibility index (Phi) is 6.95. The van der Waals surface area contributed by atoms with Crippen LogP contribution in [0.5, 0.6) is 5.75 Å². The van der Waals surface area contributed by atoms with Crippen molar-refractivity contribution in [1.82, 2.24) is 0 Å². The van der Waals surface area contributed by atoms with Gasteiger partial charge in [0.1, 0.15) is 24.0 Å². The first-order valence-corrected chi connectivity index (χ1v) is 10.9. The van der Waals surface area contributed by atoms with E-state index in [4.69, 9.17) is 27.9 Å². The van der Waals surface area contributed by atoms with E-state index in [9.17, 15) is 10.1 Å². The van der Waals surface area contributed by atoms with E-state index in [1.165, 1.54) is 0 Å². The number of benzene rings is 4. The molecular formula is C27H18Cl2N2O2. The van der Waals surface area contributed by atoms with Crippen LogP contribution in [-0.4, -0.2) is 5.91 Å². The van der Waals surface area contributed by atoms with Gasteiger partial charge in [0.05, 0.1) is 10.0 Å². The molecule has 1 N–H and O–H groups in total. The van der Waals surface area contributed by atoms with Crippen molar-refractivity contribution >= 4 is 51.6 Å². The minimum atomic E-state index is -0.464. The van der Waals surface area contributed by atoms with Crippen LogP contribution in [0.1, 0.15) is 11.1 Å². The first kappa shape index (κ1) is 22.4. The van der Waals surface area contributed by atoms with Crippen LogP contribution in [0.25, 0.3) is 16.8 Å². The van der Waals surface area contributed by atoms with Gasteiger partial charge in [0.2, 0.25) is 0 Å². The summed E-state index contributed by atoms with van der Waals surface area (Å²) in [6.45, 7) is 0.336. The Hall–Kier alpha value is -3.78. The zero-order valence-corrected chi connectivity index (χ0v) is 18.9. The van der Waals surface area contributed by atoms with E-state index in [0.29, 0.717) is 33.7 Å². The van der Waals surface area contributed by atoms with Gasteiger partial charge in [-0.1, -0.05) is 77.8 Å². The molecule has 0 aliphatic carbocycles. The van der Waals surface area contributed by atoms with Crippen molar-refractivity contribution < 1.29 is 9.53 Å². The Morgan fingerprint density at radius 3 is 2.45 bits per heavy atom. The number of ether oxygens (including phenoxy) is 1. The molecular weight excluding hydrogens is 455 g/mol. The van der Waals surface area contributed by atoms with Crippen molar-refractivity contribution in [2.45, 2.75) is 6.61 Å². The molecule has 162 valence electrons. The maximum absolute atomic E-state index is 12.7. The van der Waals surface area contributed by atoms with Crippen LogP contribution in [0.3, 0.4) is 0 Å². The number of anilines is 1. The Balaban J connectivity index is 1.44. The van der Waals surface area contributed by atoms with Gasteiger partial charge < -0.3 is 10.1 Å². The maximum atomic E-state index is 12.7. The predicted octanol–water partition coefficient (Wildman–Crippen LogP) is 7.27. The van der Waals surface area contributed by atoms with E-state index >= 15 is 0 Å². The Morgan fingerprint density at radius 1 is 0.939 bits per heavy atom. The van der Waals surface area contributed by atoms with Crippen molar-refractivity contribution in [3.05, 3.63) is 112 Å². The lowest BCUT2D eigenvalue weighted by Crippen LogP contribution is -2.13. The van der Waals surface area contributed by atoms with E-state index in [-0.39, 0.29) is 5.57 Å². The average molecular weight is 473 g/mol. The number of hydrogen-bond donors (Lipinski definition) is 1. The largest absolute Gasteiger partial charge is 0.489 e. The molecule has 0 fully saturated rings. The Morgan fingerprint density at radius 2 is 1.70 bits per heavy atom. The number of nitrogens with zero attached hydrogens (tertiary/aromatic N) is 1. The number of hydrogen-bond acceptors (Lipinski definition) is 3. The smallest absolute Gasteiger partial charge is 0.266 e. The maximum Gasteiger partial charge on any atom is 0.266 e. The second-order valence-electron chi connectivity index (χ2n) is 7.26. The van der Waals surface area contributed by atoms with Crippen molar-refractivity contribution in [1.29, 1.82) is 5.26 Å². The number of amides is 1. The number of fused-ring (bicyclic) bond motifs is 1. The van der Waals surface area contributed by atoms with Gasteiger partial charge in [-0.25, -0.2) is 0 Å². The second kappa shape index (κ2) is 10.2. The highest BCUT2D eigenvalue weighted by Gasteiger charge is 2.11. The third-order valence-corrected chi connectivity index (χ3v) is 5.72. The molecule has 33 heavy (non-hydrogen) atoms. The summed E-state index contributed by atoms with van der Waals surface area (Å²) in [5.74, 6) is 0.186. The minimum Gasteiger partial charge on any atom is -0.489 e. The molecule has 0 aliphatic heterocycles. The fraction of sp³-hybridized carbons (Fsp3) is 0.0370. The van der Waals surface area contributed by atoms with Crippen molar-refractivity contribution in [2.75, 3.05) is 5.32 Å². The minimum absolute atomic E-state index is 0.00686. The molecule has 0 aromatic heterocycles. The Labute approximate surface area is 201 Å². The molecule has 0 unspecified atom stereocenters. The predicted molar refractivity (Wildman–Crippen MR) is 133 cm³/mol. The summed E-state index contributed by atoms with van der Waals surface area (Å²) < 4.78 is 5.77. The topological polar surface area (TPSA) is 62.1 Å². The number of carbonyl (C=O) groups is 1. The molecule has 4 aromatic rings. The molecule has 0 saturated carbocycles. The lowest BCUT2D eigenvalue weighted by Gasteiger charge is -2.09. The second-order valence-corrected chi connectivity index (χ2v) is 8.07. The summed E-state index contributed by atoms with van der Waals surface area (Å²) in [4.78, 5) is 12.7. The van der Waals surface area contributed by atoms with Crippen LogP contribution in [0.2, 0.25) is 10.0 Å². The van der Waals surface area contributed by atoms with Gasteiger partial charge >= 0.3 is 0 Å². The molecule has 4 aromatic carbocycles. The molecule has 0 atom stereocenters. The third-order valence-electron chi connectivity index (χ3n) is 4.98. The number of nitriles is 1. The van der Waals surface area contributed by atoms with Crippen LogP contribution >= 0.6 is 23.2 Å². The van der Waals surface area contributed by atoms with E-state index in [1.54, 1.807) is 42.5 Å². The van der Waals surface area contributed by atoms with E-state index < -0.39 is 5.91 Å². The summed E-state index contributed by atoms with van der Waals surface area (Å²) in [7, 11) is 0. The normalized spacial score (nSPS) is 11.1. The summed E-state index contributed by atoms with van der Waals surface area (Å²) in [6, 6.07) is 27.8. The summed E-state index contributed by atoms with van der Waals surface area (Å²) in [5.41, 5.74) is 2.27. The fourth-order valence-corrected chi connectivity index (χ4v) is 3.62. The molecule has 0 aliphatic rings. The number of carbonyl (C=O) groups excluding carboxylic acids is 1. The SMILES string of the molecule is N#C/C(=C\c1ccc(OCc2ccc(Cl)c(Cl)c2)cc1)C(=O)Nc1cccc2ccccc12. The zero-order chi connectivity index (χ0) is 23.2. The molecule has 0 radical (unpaired) electrons. The van der Waals surface area contributed by atoms with Crippen LogP contribution in [0, 0.1) is 11.3 Å². The van der Waals surface area contributed by atoms with Crippen LogP contribution in [-0.2, 0) is 11.4 Å². The standard InChI is InChI=1S/C27H18Cl2N2O2/c28-24-13-10-19(15-25(24)29)17-33-22-11-8-18(9-12-22)14-21(16-30)27(32)31-26-7-3-5-20-4-1-2-6-23(20)26/h1-15H,17H2,(H,31,32)/b21-14+. The zero-order valence-electron chi connectivity index (χ0n) is 17.4. The van der Waals surface area contributed by atoms with Gasteiger partial charge in [-0.2, -0.15) is 5.26 Å². The fourth-order valence-electron chi connectivity index (χ4n) is 3.30. The molecule has 0 heterocycles. The van der Waals surface area contributed by atoms with E-state index in [2.05, 4.69) is 5.32 Å². The van der Waals surface area contributed by atoms with Gasteiger partial charge in [0.15, 0.2) is 0 Å². The molecule has 4 nitrogen and oxygen atoms in total. The van der Waals surface area contributed by atoms with Crippen LogP contribution in [0.15, 0.2) is 90.5 Å². The highest BCUT2D eigenvalue weighted by molar-refractivity contribution is 6.42. The molecule has 0 spiro atoms. The quantitative estimate of drug-likeness (QED) is 0.237. The first-order valence-electron chi connectivity index (χ1n) is 10.1. The summed E-state index contributed by atoms with van der Waals surface area (Å²) in [5, 5.41) is 15.3. The van der Waals surface area contributed by atoms with Gasteiger partial charge in [0.25, 0.3) is 5.91 Å². The average Bonchev–Trinajstić information content (AvgIpc) is 2.84. The van der Waals surface area contributed by atoms with E-state index in [0.717, 1.165) is 16.3 Å². The summed E-state index contributed by atoms with van der Waals surface area (Å²) in [6.07, 6.45) is 1.54. The molecule has 0 bridgehead atoms. The van der Waals surface area contributed by atoms with Gasteiger partial charge in [-0.3, -0.25) is 4.79 Å². The first-order chi connectivity index (χ1) is 16.0. The lowest BCUT2D eigenvalue weighted by atomic mass is 10.1. The molecule has 0 saturated heterocycles. The van der Waals surface area contributed by atoms with Gasteiger partial charge in [-0.15, -0.1) is 0 Å². The van der Waals surface area contributed by atoms with Crippen molar-refractivity contribution in [2.24, 2.45) is 0 Å². The molecule has 4 rings (SSSR count). The van der Waals surface area contributed by atoms with Crippen molar-refractivity contribution in [3.63, 3.8) is 0 Å². The van der Waals surface area contributed by atoms with Crippen LogP contribution < -0.4 is 10.1 Å². The Bertz CT molecular complexity index is 1380. The highest BCUT2D eigenvalue weighted by atomic mass is 35.5. The number of halogens is 2. The molecule has 6 heteroatoms. The monoisotopic (exact) mass is 472 g/mol. The van der Waals surface area contributed by atoms with Gasteiger partial charge in [0, 0.05) is 11.1 Å².